The number of rotatable bonds is 5. The van der Waals surface area contributed by atoms with Gasteiger partial charge in [0.05, 0.1) is 19.1 Å². The number of ether oxygens (including phenoxy) is 2. The predicted molar refractivity (Wildman–Crippen MR) is 72.0 cm³/mol. The first-order valence-electron chi connectivity index (χ1n) is 5.49. The number of carbonyl (C=O) groups excluding carboxylic acids is 2. The number of hydrogen-bond acceptors (Lipinski definition) is 6. The summed E-state index contributed by atoms with van der Waals surface area (Å²) in [7, 11) is 2.34. The van der Waals surface area contributed by atoms with Gasteiger partial charge in [0, 0.05) is 16.6 Å². The summed E-state index contributed by atoms with van der Waals surface area (Å²) in [6.07, 6.45) is 0.0257. The molecule has 0 saturated heterocycles. The number of carbonyl (C=O) groups is 2. The maximum atomic E-state index is 11.6. The molecule has 0 aliphatic carbocycles. The number of non-ortho nitro benzene ring substituents is 1. The van der Waals surface area contributed by atoms with Crippen molar-refractivity contribution in [1.29, 1.82) is 0 Å². The Kier molecular flexibility index (Phi) is 5.63. The van der Waals surface area contributed by atoms with Crippen molar-refractivity contribution in [2.45, 2.75) is 6.42 Å². The highest BCUT2D eigenvalue weighted by molar-refractivity contribution is 9.10. The second-order valence-electron chi connectivity index (χ2n) is 3.84. The molecule has 7 nitrogen and oxygen atoms in total. The fourth-order valence-electron chi connectivity index (χ4n) is 1.58. The second kappa shape index (κ2) is 6.99. The molecule has 0 aliphatic rings. The van der Waals surface area contributed by atoms with E-state index in [1.54, 1.807) is 0 Å². The number of nitro benzene ring substituents is 1. The summed E-state index contributed by atoms with van der Waals surface area (Å²) in [5, 5.41) is 10.6. The molecule has 8 heteroatoms. The van der Waals surface area contributed by atoms with Crippen LogP contribution in [0.5, 0.6) is 0 Å². The molecule has 108 valence electrons. The first-order valence-corrected chi connectivity index (χ1v) is 6.28. The summed E-state index contributed by atoms with van der Waals surface area (Å²) in [5.74, 6) is -2.55. The van der Waals surface area contributed by atoms with Crippen molar-refractivity contribution < 1.29 is 24.0 Å². The molecule has 0 spiro atoms. The van der Waals surface area contributed by atoms with E-state index < -0.39 is 22.8 Å². The zero-order valence-electron chi connectivity index (χ0n) is 10.8. The minimum Gasteiger partial charge on any atom is -0.468 e. The Morgan fingerprint density at radius 3 is 2.25 bits per heavy atom. The Hall–Kier alpha value is -1.96. The van der Waals surface area contributed by atoms with Gasteiger partial charge in [0.15, 0.2) is 5.92 Å². The topological polar surface area (TPSA) is 95.7 Å². The third-order valence-electron chi connectivity index (χ3n) is 2.64. The highest BCUT2D eigenvalue weighted by Crippen LogP contribution is 2.25. The molecule has 0 radical (unpaired) electrons. The van der Waals surface area contributed by atoms with Crippen LogP contribution in [0.1, 0.15) is 5.56 Å². The van der Waals surface area contributed by atoms with Gasteiger partial charge in [0.1, 0.15) is 0 Å². The Morgan fingerprint density at radius 2 is 1.85 bits per heavy atom. The number of hydrogen-bond donors (Lipinski definition) is 0. The number of nitrogens with zero attached hydrogens (tertiary/aromatic N) is 1. The molecule has 0 unspecified atom stereocenters. The molecule has 20 heavy (non-hydrogen) atoms. The van der Waals surface area contributed by atoms with E-state index in [1.165, 1.54) is 32.4 Å². The van der Waals surface area contributed by atoms with Crippen molar-refractivity contribution in [2.75, 3.05) is 14.2 Å². The van der Waals surface area contributed by atoms with Crippen LogP contribution in [-0.2, 0) is 25.5 Å². The van der Waals surface area contributed by atoms with Gasteiger partial charge in [0.2, 0.25) is 0 Å². The third kappa shape index (κ3) is 3.77. The predicted octanol–water partition coefficient (Wildman–Crippen LogP) is 1.86. The van der Waals surface area contributed by atoms with E-state index in [4.69, 9.17) is 0 Å². The van der Waals surface area contributed by atoms with Crippen molar-refractivity contribution in [3.05, 3.63) is 38.3 Å². The summed E-state index contributed by atoms with van der Waals surface area (Å²) in [6, 6.07) is 4.08. The summed E-state index contributed by atoms with van der Waals surface area (Å²) < 4.78 is 9.53. The summed E-state index contributed by atoms with van der Waals surface area (Å²) in [5.41, 5.74) is 0.477. The highest BCUT2D eigenvalue weighted by Gasteiger charge is 2.29. The first-order chi connectivity index (χ1) is 9.40. The molecule has 0 amide bonds. The lowest BCUT2D eigenvalue weighted by molar-refractivity contribution is -0.384. The molecular formula is C12H12BrNO6. The van der Waals surface area contributed by atoms with E-state index >= 15 is 0 Å². The smallest absolute Gasteiger partial charge is 0.320 e. The Bertz CT molecular complexity index is 529. The van der Waals surface area contributed by atoms with Gasteiger partial charge < -0.3 is 9.47 Å². The molecular weight excluding hydrogens is 334 g/mol. The van der Waals surface area contributed by atoms with Gasteiger partial charge in [-0.2, -0.15) is 0 Å². The minimum atomic E-state index is -1.11. The molecule has 0 aliphatic heterocycles. The van der Waals surface area contributed by atoms with Crippen molar-refractivity contribution >= 4 is 33.6 Å². The maximum Gasteiger partial charge on any atom is 0.320 e. The Balaban J connectivity index is 3.02. The van der Waals surface area contributed by atoms with Crippen LogP contribution in [0.4, 0.5) is 5.69 Å². The van der Waals surface area contributed by atoms with E-state index in [9.17, 15) is 19.7 Å². The van der Waals surface area contributed by atoms with Gasteiger partial charge in [-0.3, -0.25) is 19.7 Å². The molecule has 1 aromatic rings. The zero-order chi connectivity index (χ0) is 15.3. The molecule has 0 N–H and O–H groups in total. The lowest BCUT2D eigenvalue weighted by Crippen LogP contribution is -2.28. The fraction of sp³-hybridized carbons (Fsp3) is 0.333. The van der Waals surface area contributed by atoms with Crippen LogP contribution in [0.25, 0.3) is 0 Å². The van der Waals surface area contributed by atoms with E-state index in [-0.39, 0.29) is 12.1 Å². The number of benzene rings is 1. The average molecular weight is 346 g/mol. The van der Waals surface area contributed by atoms with E-state index in [2.05, 4.69) is 25.4 Å². The van der Waals surface area contributed by atoms with Crippen molar-refractivity contribution in [3.63, 3.8) is 0 Å². The van der Waals surface area contributed by atoms with Crippen LogP contribution in [0.15, 0.2) is 22.7 Å². The lowest BCUT2D eigenvalue weighted by atomic mass is 9.99. The van der Waals surface area contributed by atoms with Gasteiger partial charge in [-0.1, -0.05) is 22.0 Å². The third-order valence-corrected chi connectivity index (χ3v) is 3.38. The van der Waals surface area contributed by atoms with Crippen molar-refractivity contribution in [1.82, 2.24) is 0 Å². The largest absolute Gasteiger partial charge is 0.468 e. The second-order valence-corrected chi connectivity index (χ2v) is 4.69. The molecule has 1 rings (SSSR count). The monoisotopic (exact) mass is 345 g/mol. The fourth-order valence-corrected chi connectivity index (χ4v) is 2.11. The number of esters is 2. The molecule has 0 heterocycles. The standard InChI is InChI=1S/C12H12BrNO6/c1-19-11(15)9(12(16)20-2)5-7-3-4-8(14(17)18)6-10(7)13/h3-4,6,9H,5H2,1-2H3. The van der Waals surface area contributed by atoms with E-state index in [1.807, 2.05) is 0 Å². The van der Waals surface area contributed by atoms with Crippen LogP contribution < -0.4 is 0 Å². The SMILES string of the molecule is COC(=O)C(Cc1ccc([N+](=O)[O-])cc1Br)C(=O)OC. The van der Waals surface area contributed by atoms with E-state index in [0.29, 0.717) is 10.0 Å². The number of nitro groups is 1. The zero-order valence-corrected chi connectivity index (χ0v) is 12.4. The van der Waals surface area contributed by atoms with Gasteiger partial charge in [0.25, 0.3) is 5.69 Å². The number of halogens is 1. The normalized spacial score (nSPS) is 10.2. The summed E-state index contributed by atoms with van der Waals surface area (Å²) >= 11 is 3.18. The first kappa shape index (κ1) is 16.1. The van der Waals surface area contributed by atoms with Crippen LogP contribution in [0.2, 0.25) is 0 Å². The molecule has 0 bridgehead atoms. The summed E-state index contributed by atoms with van der Waals surface area (Å²) in [6.45, 7) is 0. The molecule has 1 aromatic carbocycles. The molecule has 0 fully saturated rings. The number of methoxy groups -OCH3 is 2. The lowest BCUT2D eigenvalue weighted by Gasteiger charge is -2.13. The maximum absolute atomic E-state index is 11.6. The van der Waals surface area contributed by atoms with Gasteiger partial charge in [-0.05, 0) is 12.0 Å². The Morgan fingerprint density at radius 1 is 1.30 bits per heavy atom. The van der Waals surface area contributed by atoms with Crippen LogP contribution >= 0.6 is 15.9 Å². The van der Waals surface area contributed by atoms with E-state index in [0.717, 1.165) is 0 Å². The van der Waals surface area contributed by atoms with Crippen LogP contribution in [0, 0.1) is 16.0 Å². The van der Waals surface area contributed by atoms with Crippen LogP contribution in [-0.4, -0.2) is 31.1 Å². The quantitative estimate of drug-likeness (QED) is 0.349. The summed E-state index contributed by atoms with van der Waals surface area (Å²) in [4.78, 5) is 33.2. The molecule has 0 atom stereocenters. The van der Waals surface area contributed by atoms with Crippen molar-refractivity contribution in [2.24, 2.45) is 5.92 Å². The molecule has 0 aromatic heterocycles. The van der Waals surface area contributed by atoms with Crippen LogP contribution in [0.3, 0.4) is 0 Å². The minimum absolute atomic E-state index is 0.0257. The highest BCUT2D eigenvalue weighted by atomic mass is 79.9. The average Bonchev–Trinajstić information content (AvgIpc) is 2.44. The van der Waals surface area contributed by atoms with Gasteiger partial charge in [-0.25, -0.2) is 0 Å². The van der Waals surface area contributed by atoms with Gasteiger partial charge >= 0.3 is 11.9 Å². The van der Waals surface area contributed by atoms with Crippen molar-refractivity contribution in [3.8, 4) is 0 Å². The molecule has 0 saturated carbocycles. The Labute approximate surface area is 123 Å². The van der Waals surface area contributed by atoms with Gasteiger partial charge in [-0.15, -0.1) is 0 Å².